The second-order valence-electron chi connectivity index (χ2n) is 4.97. The molecule has 0 heterocycles. The van der Waals surface area contributed by atoms with E-state index in [9.17, 15) is 13.2 Å². The molecule has 1 nitrogen and oxygen atoms in total. The smallest absolute Gasteiger partial charge is 0.378 e. The zero-order valence-electron chi connectivity index (χ0n) is 11.6. The van der Waals surface area contributed by atoms with E-state index in [0.29, 0.717) is 10.2 Å². The highest BCUT2D eigenvalue weighted by Crippen LogP contribution is 2.35. The fraction of sp³-hybridized carbons (Fsp3) is 0.250. The third kappa shape index (κ3) is 4.00. The van der Waals surface area contributed by atoms with Crippen LogP contribution in [0.5, 0.6) is 0 Å². The molecule has 21 heavy (non-hydrogen) atoms. The van der Waals surface area contributed by atoms with E-state index in [0.717, 1.165) is 23.3 Å². The van der Waals surface area contributed by atoms with Crippen molar-refractivity contribution in [1.82, 2.24) is 0 Å². The number of hydrogen-bond acceptors (Lipinski definition) is 1. The number of benzene rings is 2. The van der Waals surface area contributed by atoms with Crippen molar-refractivity contribution in [1.29, 1.82) is 0 Å². The number of nitrogens with one attached hydrogen (secondary N) is 1. The van der Waals surface area contributed by atoms with Crippen LogP contribution in [-0.2, 0) is 6.18 Å². The molecule has 0 aromatic heterocycles. The minimum Gasteiger partial charge on any atom is -0.378 e. The normalized spacial score (nSPS) is 13.0. The van der Waals surface area contributed by atoms with Crippen molar-refractivity contribution in [3.63, 3.8) is 0 Å². The first kappa shape index (κ1) is 15.9. The van der Waals surface area contributed by atoms with Gasteiger partial charge in [-0.3, -0.25) is 0 Å². The molecule has 0 saturated carbocycles. The molecule has 0 aliphatic rings. The number of rotatable bonds is 3. The first-order chi connectivity index (χ1) is 9.77. The summed E-state index contributed by atoms with van der Waals surface area (Å²) in [7, 11) is 0. The summed E-state index contributed by atoms with van der Waals surface area (Å²) < 4.78 is 38.9. The fourth-order valence-electron chi connectivity index (χ4n) is 1.98. The summed E-state index contributed by atoms with van der Waals surface area (Å²) in [5.74, 6) is 0. The maximum Gasteiger partial charge on any atom is 0.416 e. The first-order valence-electron chi connectivity index (χ1n) is 6.47. The Morgan fingerprint density at radius 2 is 1.67 bits per heavy atom. The van der Waals surface area contributed by atoms with Gasteiger partial charge in [-0.2, -0.15) is 13.2 Å². The summed E-state index contributed by atoms with van der Waals surface area (Å²) in [6.45, 7) is 3.91. The molecule has 2 aromatic rings. The average Bonchev–Trinajstić information content (AvgIpc) is 2.40. The number of alkyl halides is 3. The Labute approximate surface area is 130 Å². The maximum atomic E-state index is 12.8. The molecule has 1 unspecified atom stereocenters. The molecule has 0 fully saturated rings. The third-order valence-electron chi connectivity index (χ3n) is 3.24. The molecule has 2 aromatic carbocycles. The first-order valence-corrected chi connectivity index (χ1v) is 7.26. The molecule has 1 atom stereocenters. The standard InChI is InChI=1S/C16H15BrF3N/c1-10-3-5-12(6-4-10)11(2)21-15-9-13(16(18,19)20)7-8-14(15)17/h3-9,11,21H,1-2H3. The van der Waals surface area contributed by atoms with Crippen molar-refractivity contribution < 1.29 is 13.2 Å². The van der Waals surface area contributed by atoms with Gasteiger partial charge in [-0.1, -0.05) is 29.8 Å². The van der Waals surface area contributed by atoms with Crippen LogP contribution in [0.15, 0.2) is 46.9 Å². The van der Waals surface area contributed by atoms with E-state index in [4.69, 9.17) is 0 Å². The van der Waals surface area contributed by atoms with Gasteiger partial charge >= 0.3 is 6.18 Å². The molecule has 2 rings (SSSR count). The molecule has 1 N–H and O–H groups in total. The molecular formula is C16H15BrF3N. The minimum absolute atomic E-state index is 0.0922. The van der Waals surface area contributed by atoms with E-state index in [-0.39, 0.29) is 6.04 Å². The number of halogens is 4. The lowest BCUT2D eigenvalue weighted by atomic mass is 10.1. The van der Waals surface area contributed by atoms with Gasteiger partial charge in [0.1, 0.15) is 0 Å². The summed E-state index contributed by atoms with van der Waals surface area (Å²) in [6.07, 6.45) is -4.34. The Hall–Kier alpha value is -1.49. The summed E-state index contributed by atoms with van der Waals surface area (Å²) in [5.41, 5.74) is 1.93. The van der Waals surface area contributed by atoms with Gasteiger partial charge in [0.15, 0.2) is 0 Å². The van der Waals surface area contributed by atoms with Crippen molar-refractivity contribution in [2.75, 3.05) is 5.32 Å². The van der Waals surface area contributed by atoms with Crippen molar-refractivity contribution in [2.24, 2.45) is 0 Å². The summed E-state index contributed by atoms with van der Waals surface area (Å²) in [6, 6.07) is 11.4. The van der Waals surface area contributed by atoms with Crippen LogP contribution < -0.4 is 5.32 Å². The molecule has 5 heteroatoms. The highest BCUT2D eigenvalue weighted by Gasteiger charge is 2.31. The van der Waals surface area contributed by atoms with Gasteiger partial charge in [0.05, 0.1) is 5.56 Å². The van der Waals surface area contributed by atoms with Crippen LogP contribution in [0.1, 0.15) is 29.7 Å². The van der Waals surface area contributed by atoms with Gasteiger partial charge in [0.25, 0.3) is 0 Å². The Morgan fingerprint density at radius 1 is 1.05 bits per heavy atom. The van der Waals surface area contributed by atoms with E-state index in [1.54, 1.807) is 0 Å². The van der Waals surface area contributed by atoms with Crippen molar-refractivity contribution >= 4 is 21.6 Å². The highest BCUT2D eigenvalue weighted by atomic mass is 79.9. The molecule has 0 spiro atoms. The van der Waals surface area contributed by atoms with Gasteiger partial charge in [0.2, 0.25) is 0 Å². The quantitative estimate of drug-likeness (QED) is 0.715. The summed E-state index contributed by atoms with van der Waals surface area (Å²) in [4.78, 5) is 0. The van der Waals surface area contributed by atoms with Crippen LogP contribution in [0.25, 0.3) is 0 Å². The monoisotopic (exact) mass is 357 g/mol. The van der Waals surface area contributed by atoms with E-state index in [1.807, 2.05) is 38.1 Å². The summed E-state index contributed by atoms with van der Waals surface area (Å²) in [5, 5.41) is 3.11. The predicted molar refractivity (Wildman–Crippen MR) is 82.4 cm³/mol. The van der Waals surface area contributed by atoms with Gasteiger partial charge < -0.3 is 5.32 Å². The molecule has 0 amide bonds. The van der Waals surface area contributed by atoms with Gasteiger partial charge in [0, 0.05) is 16.2 Å². The second-order valence-corrected chi connectivity index (χ2v) is 5.82. The zero-order chi connectivity index (χ0) is 15.6. The number of anilines is 1. The lowest BCUT2D eigenvalue weighted by molar-refractivity contribution is -0.137. The third-order valence-corrected chi connectivity index (χ3v) is 3.93. The largest absolute Gasteiger partial charge is 0.416 e. The molecule has 0 aliphatic heterocycles. The van der Waals surface area contributed by atoms with Gasteiger partial charge in [-0.15, -0.1) is 0 Å². The van der Waals surface area contributed by atoms with Crippen molar-refractivity contribution in [3.05, 3.63) is 63.6 Å². The van der Waals surface area contributed by atoms with E-state index in [1.165, 1.54) is 6.07 Å². The van der Waals surface area contributed by atoms with Crippen molar-refractivity contribution in [3.8, 4) is 0 Å². The highest BCUT2D eigenvalue weighted by molar-refractivity contribution is 9.10. The lowest BCUT2D eigenvalue weighted by Gasteiger charge is -2.18. The molecule has 0 saturated heterocycles. The SMILES string of the molecule is Cc1ccc(C(C)Nc2cc(C(F)(F)F)ccc2Br)cc1. The number of aryl methyl sites for hydroxylation is 1. The van der Waals surface area contributed by atoms with E-state index < -0.39 is 11.7 Å². The minimum atomic E-state index is -4.34. The molecular weight excluding hydrogens is 343 g/mol. The van der Waals surface area contributed by atoms with Crippen molar-refractivity contribution in [2.45, 2.75) is 26.1 Å². The molecule has 112 valence electrons. The van der Waals surface area contributed by atoms with E-state index in [2.05, 4.69) is 21.2 Å². The Balaban J connectivity index is 2.24. The zero-order valence-corrected chi connectivity index (χ0v) is 13.2. The predicted octanol–water partition coefficient (Wildman–Crippen LogP) is 5.95. The van der Waals surface area contributed by atoms with Crippen LogP contribution >= 0.6 is 15.9 Å². The topological polar surface area (TPSA) is 12.0 Å². The summed E-state index contributed by atoms with van der Waals surface area (Å²) >= 11 is 3.28. The van der Waals surface area contributed by atoms with Crippen LogP contribution in [0.4, 0.5) is 18.9 Å². The van der Waals surface area contributed by atoms with E-state index >= 15 is 0 Å². The Bertz CT molecular complexity index is 620. The Morgan fingerprint density at radius 3 is 2.24 bits per heavy atom. The Kier molecular flexibility index (Phi) is 4.61. The van der Waals surface area contributed by atoms with Gasteiger partial charge in [-0.25, -0.2) is 0 Å². The molecule has 0 radical (unpaired) electrons. The number of hydrogen-bond donors (Lipinski definition) is 1. The van der Waals surface area contributed by atoms with Crippen LogP contribution in [0, 0.1) is 6.92 Å². The molecule has 0 aliphatic carbocycles. The maximum absolute atomic E-state index is 12.8. The molecule has 0 bridgehead atoms. The second kappa shape index (κ2) is 6.10. The van der Waals surface area contributed by atoms with Crippen LogP contribution in [-0.4, -0.2) is 0 Å². The lowest BCUT2D eigenvalue weighted by Crippen LogP contribution is -2.10. The van der Waals surface area contributed by atoms with Crippen LogP contribution in [0.3, 0.4) is 0 Å². The average molecular weight is 358 g/mol. The van der Waals surface area contributed by atoms with Gasteiger partial charge in [-0.05, 0) is 53.5 Å². The van der Waals surface area contributed by atoms with Crippen LogP contribution in [0.2, 0.25) is 0 Å². The fourth-order valence-corrected chi connectivity index (χ4v) is 2.35.